The molecule has 0 amide bonds. The molecule has 0 radical (unpaired) electrons. The minimum Gasteiger partial charge on any atom is -0.467 e. The zero-order valence-electron chi connectivity index (χ0n) is 12.0. The summed E-state index contributed by atoms with van der Waals surface area (Å²) in [5.74, 6) is 0.450. The fraction of sp³-hybridized carbons (Fsp3) is 0.267. The molecule has 0 bridgehead atoms. The highest BCUT2D eigenvalue weighted by molar-refractivity contribution is 6.31. The molecule has 2 aromatic rings. The summed E-state index contributed by atoms with van der Waals surface area (Å²) in [6, 6.07) is 3.78. The predicted octanol–water partition coefficient (Wildman–Crippen LogP) is 4.09. The average molecular weight is 380 g/mol. The molecular weight excluding hydrogens is 370 g/mol. The number of hydrogen-bond acceptors (Lipinski definition) is 3. The van der Waals surface area contributed by atoms with Gasteiger partial charge in [-0.25, -0.2) is 0 Å². The van der Waals surface area contributed by atoms with Gasteiger partial charge in [-0.2, -0.15) is 13.2 Å². The van der Waals surface area contributed by atoms with Gasteiger partial charge in [-0.15, -0.1) is 0 Å². The van der Waals surface area contributed by atoms with E-state index in [0.717, 1.165) is 10.8 Å². The van der Waals surface area contributed by atoms with Crippen LogP contribution in [0.25, 0.3) is 0 Å². The number of hydrogen-bond donors (Lipinski definition) is 0. The maximum absolute atomic E-state index is 12.9. The second kappa shape index (κ2) is 6.31. The summed E-state index contributed by atoms with van der Waals surface area (Å²) in [5.41, 5.74) is -0.606. The maximum Gasteiger partial charge on any atom is 0.417 e. The minimum absolute atomic E-state index is 0.0138. The number of alkyl halides is 3. The van der Waals surface area contributed by atoms with Crippen molar-refractivity contribution in [1.29, 1.82) is 0 Å². The van der Waals surface area contributed by atoms with Crippen LogP contribution in [-0.2, 0) is 24.1 Å². The van der Waals surface area contributed by atoms with Crippen molar-refractivity contribution >= 4 is 23.2 Å². The highest BCUT2D eigenvalue weighted by Crippen LogP contribution is 2.33. The van der Waals surface area contributed by atoms with E-state index in [4.69, 9.17) is 32.7 Å². The minimum atomic E-state index is -4.61. The summed E-state index contributed by atoms with van der Waals surface area (Å²) in [6.45, 7) is 0.117. The molecule has 0 saturated heterocycles. The lowest BCUT2D eigenvalue weighted by Gasteiger charge is -2.21. The second-order valence-electron chi connectivity index (χ2n) is 5.17. The Morgan fingerprint density at radius 2 is 1.96 bits per heavy atom. The lowest BCUT2D eigenvalue weighted by Crippen LogP contribution is -2.24. The molecule has 1 aromatic carbocycles. The highest BCUT2D eigenvalue weighted by Gasteiger charge is 2.32. The van der Waals surface area contributed by atoms with Gasteiger partial charge in [0, 0.05) is 22.3 Å². The van der Waals surface area contributed by atoms with Crippen molar-refractivity contribution in [2.75, 3.05) is 6.79 Å². The number of halogens is 5. The average Bonchev–Trinajstić information content (AvgIpc) is 2.50. The van der Waals surface area contributed by atoms with Crippen LogP contribution in [-0.4, -0.2) is 11.4 Å². The number of ether oxygens (including phenoxy) is 2. The number of fused-ring (bicyclic) bond motifs is 1. The molecular formula is C15H10Cl2F3NO3. The highest BCUT2D eigenvalue weighted by atomic mass is 35.5. The van der Waals surface area contributed by atoms with Crippen LogP contribution in [0.2, 0.25) is 10.0 Å². The van der Waals surface area contributed by atoms with Crippen LogP contribution < -0.4 is 10.3 Å². The van der Waals surface area contributed by atoms with E-state index in [1.165, 1.54) is 6.07 Å². The molecule has 0 N–H and O–H groups in total. The first-order valence-electron chi connectivity index (χ1n) is 6.75. The zero-order valence-corrected chi connectivity index (χ0v) is 13.5. The van der Waals surface area contributed by atoms with E-state index in [9.17, 15) is 18.0 Å². The Labute approximate surface area is 144 Å². The summed E-state index contributed by atoms with van der Waals surface area (Å²) >= 11 is 11.7. The standard InChI is InChI=1S/C15H10Cl2F3NO3/c16-11-1-8(13-9(2-11)6-23-7-24-13)4-21-5-10(15(18,19)20)3-12(17)14(21)22/h1-3,5H,4,6-7H2. The van der Waals surface area contributed by atoms with E-state index in [0.29, 0.717) is 28.0 Å². The Morgan fingerprint density at radius 3 is 2.67 bits per heavy atom. The molecule has 1 aliphatic rings. The summed E-state index contributed by atoms with van der Waals surface area (Å²) in [7, 11) is 0. The van der Waals surface area contributed by atoms with Gasteiger partial charge in [-0.3, -0.25) is 4.79 Å². The van der Waals surface area contributed by atoms with Crippen molar-refractivity contribution in [2.24, 2.45) is 0 Å². The number of pyridine rings is 1. The monoisotopic (exact) mass is 379 g/mol. The molecule has 0 aliphatic carbocycles. The van der Waals surface area contributed by atoms with Crippen LogP contribution >= 0.6 is 23.2 Å². The topological polar surface area (TPSA) is 40.5 Å². The molecule has 0 spiro atoms. The first-order valence-corrected chi connectivity index (χ1v) is 7.50. The number of rotatable bonds is 2. The lowest BCUT2D eigenvalue weighted by molar-refractivity contribution is -0.138. The van der Waals surface area contributed by atoms with Crippen molar-refractivity contribution in [2.45, 2.75) is 19.3 Å². The van der Waals surface area contributed by atoms with Gasteiger partial charge in [0.05, 0.1) is 18.7 Å². The van der Waals surface area contributed by atoms with E-state index in [1.54, 1.807) is 6.07 Å². The number of aromatic nitrogens is 1. The third-order valence-corrected chi connectivity index (χ3v) is 3.95. The van der Waals surface area contributed by atoms with Crippen LogP contribution in [0.5, 0.6) is 5.75 Å². The Balaban J connectivity index is 2.08. The molecule has 24 heavy (non-hydrogen) atoms. The third-order valence-electron chi connectivity index (χ3n) is 3.46. The van der Waals surface area contributed by atoms with Crippen molar-refractivity contribution in [3.8, 4) is 5.75 Å². The van der Waals surface area contributed by atoms with Crippen molar-refractivity contribution in [3.05, 3.63) is 61.5 Å². The molecule has 1 aliphatic heterocycles. The van der Waals surface area contributed by atoms with Crippen LogP contribution in [0.3, 0.4) is 0 Å². The summed E-state index contributed by atoms with van der Waals surface area (Å²) in [5, 5.41) is -0.144. The van der Waals surface area contributed by atoms with Crippen molar-refractivity contribution in [3.63, 3.8) is 0 Å². The quantitative estimate of drug-likeness (QED) is 0.788. The first kappa shape index (κ1) is 17.1. The Bertz CT molecular complexity index is 849. The van der Waals surface area contributed by atoms with E-state index in [1.807, 2.05) is 0 Å². The maximum atomic E-state index is 12.9. The van der Waals surface area contributed by atoms with Gasteiger partial charge in [0.25, 0.3) is 5.56 Å². The molecule has 0 atom stereocenters. The van der Waals surface area contributed by atoms with E-state index in [2.05, 4.69) is 0 Å². The van der Waals surface area contributed by atoms with E-state index < -0.39 is 22.3 Å². The summed E-state index contributed by atoms with van der Waals surface area (Å²) in [4.78, 5) is 12.1. The molecule has 9 heteroatoms. The fourth-order valence-electron chi connectivity index (χ4n) is 2.43. The van der Waals surface area contributed by atoms with Gasteiger partial charge < -0.3 is 14.0 Å². The van der Waals surface area contributed by atoms with E-state index >= 15 is 0 Å². The lowest BCUT2D eigenvalue weighted by atomic mass is 10.1. The number of benzene rings is 1. The van der Waals surface area contributed by atoms with Gasteiger partial charge >= 0.3 is 6.18 Å². The largest absolute Gasteiger partial charge is 0.467 e. The Kier molecular flexibility index (Phi) is 4.50. The van der Waals surface area contributed by atoms with Crippen LogP contribution in [0, 0.1) is 0 Å². The van der Waals surface area contributed by atoms with Gasteiger partial charge in [0.1, 0.15) is 10.8 Å². The van der Waals surface area contributed by atoms with E-state index in [-0.39, 0.29) is 19.9 Å². The SMILES string of the molecule is O=c1c(Cl)cc(C(F)(F)F)cn1Cc1cc(Cl)cc2c1OCOC2. The predicted molar refractivity (Wildman–Crippen MR) is 81.6 cm³/mol. The molecule has 0 saturated carbocycles. The Morgan fingerprint density at radius 1 is 1.21 bits per heavy atom. The molecule has 4 nitrogen and oxygen atoms in total. The zero-order chi connectivity index (χ0) is 17.5. The van der Waals surface area contributed by atoms with Crippen LogP contribution in [0.1, 0.15) is 16.7 Å². The van der Waals surface area contributed by atoms with Gasteiger partial charge in [-0.1, -0.05) is 23.2 Å². The summed E-state index contributed by atoms with van der Waals surface area (Å²) in [6.07, 6.45) is -3.89. The fourth-order valence-corrected chi connectivity index (χ4v) is 2.92. The van der Waals surface area contributed by atoms with Gasteiger partial charge in [0.15, 0.2) is 6.79 Å². The van der Waals surface area contributed by atoms with Gasteiger partial charge in [0.2, 0.25) is 0 Å². The van der Waals surface area contributed by atoms with Crippen LogP contribution in [0.15, 0.2) is 29.2 Å². The summed E-state index contributed by atoms with van der Waals surface area (Å²) < 4.78 is 50.2. The smallest absolute Gasteiger partial charge is 0.417 e. The molecule has 128 valence electrons. The normalized spacial score (nSPS) is 14.2. The van der Waals surface area contributed by atoms with Crippen LogP contribution in [0.4, 0.5) is 13.2 Å². The third kappa shape index (κ3) is 3.38. The first-order chi connectivity index (χ1) is 11.3. The Hall–Kier alpha value is -1.70. The molecule has 0 fully saturated rings. The molecule has 2 heterocycles. The molecule has 0 unspecified atom stereocenters. The van der Waals surface area contributed by atoms with Crippen molar-refractivity contribution < 1.29 is 22.6 Å². The molecule has 3 rings (SSSR count). The number of nitrogens with zero attached hydrogens (tertiary/aromatic N) is 1. The molecule has 1 aromatic heterocycles. The van der Waals surface area contributed by atoms with Gasteiger partial charge in [-0.05, 0) is 18.2 Å². The second-order valence-corrected chi connectivity index (χ2v) is 6.01. The van der Waals surface area contributed by atoms with Crippen molar-refractivity contribution in [1.82, 2.24) is 4.57 Å².